The number of methoxy groups -OCH3 is 1. The van der Waals surface area contributed by atoms with Crippen molar-refractivity contribution in [3.63, 3.8) is 0 Å². The zero-order valence-electron chi connectivity index (χ0n) is 21.5. The second-order valence-corrected chi connectivity index (χ2v) is 10.6. The van der Waals surface area contributed by atoms with Crippen molar-refractivity contribution in [1.29, 1.82) is 0 Å². The number of hydrogen-bond acceptors (Lipinski definition) is 5. The summed E-state index contributed by atoms with van der Waals surface area (Å²) in [5.74, 6) is 0.496. The number of nitrogens with zero attached hydrogens (tertiary/aromatic N) is 1. The fraction of sp³-hybridized carbons (Fsp3) is 0.680. The van der Waals surface area contributed by atoms with Crippen LogP contribution in [0.25, 0.3) is 0 Å². The van der Waals surface area contributed by atoms with Gasteiger partial charge in [-0.05, 0) is 79.5 Å². The predicted octanol–water partition coefficient (Wildman–Crippen LogP) is 4.56. The van der Waals surface area contributed by atoms with E-state index >= 15 is 0 Å². The van der Waals surface area contributed by atoms with Gasteiger partial charge in [0.2, 0.25) is 0 Å². The lowest BCUT2D eigenvalue weighted by Gasteiger charge is -2.48. The standard InChI is InChI=1S/C25H41BFNO4/c1-22(2,3)31-21-17-20(30-23(4,5)24(6,7)32-26)25(8,28(21)15-10-16-29-9)18-11-13-19(27)14-12-18/h11-14,17,20H,10,15-16,26H2,1-9H3/t20-,25+/m1/s1. The molecule has 1 aliphatic heterocycles. The normalized spacial score (nSPS) is 22.2. The van der Waals surface area contributed by atoms with Gasteiger partial charge in [-0.25, -0.2) is 4.39 Å². The molecule has 1 aliphatic rings. The Morgan fingerprint density at radius 3 is 2.12 bits per heavy atom. The van der Waals surface area contributed by atoms with Crippen LogP contribution >= 0.6 is 0 Å². The number of rotatable bonds is 10. The molecule has 0 unspecified atom stereocenters. The van der Waals surface area contributed by atoms with Gasteiger partial charge in [-0.1, -0.05) is 12.1 Å². The van der Waals surface area contributed by atoms with Gasteiger partial charge >= 0.3 is 0 Å². The van der Waals surface area contributed by atoms with E-state index in [-0.39, 0.29) is 17.5 Å². The molecule has 0 spiro atoms. The summed E-state index contributed by atoms with van der Waals surface area (Å²) in [6.07, 6.45) is 2.52. The minimum Gasteiger partial charge on any atom is -0.474 e. The van der Waals surface area contributed by atoms with Gasteiger partial charge in [0.25, 0.3) is 8.05 Å². The number of benzene rings is 1. The van der Waals surface area contributed by atoms with Crippen LogP contribution in [0.4, 0.5) is 4.39 Å². The smallest absolute Gasteiger partial charge is 0.258 e. The molecule has 32 heavy (non-hydrogen) atoms. The van der Waals surface area contributed by atoms with Crippen LogP contribution < -0.4 is 0 Å². The molecule has 5 nitrogen and oxygen atoms in total. The van der Waals surface area contributed by atoms with Gasteiger partial charge in [0.15, 0.2) is 5.88 Å². The Morgan fingerprint density at radius 2 is 1.62 bits per heavy atom. The van der Waals surface area contributed by atoms with Crippen LogP contribution in [0.2, 0.25) is 0 Å². The molecule has 180 valence electrons. The molecule has 2 atom stereocenters. The van der Waals surface area contributed by atoms with E-state index in [1.54, 1.807) is 15.2 Å². The van der Waals surface area contributed by atoms with Gasteiger partial charge in [-0.2, -0.15) is 0 Å². The summed E-state index contributed by atoms with van der Waals surface area (Å²) in [5.41, 5.74) is -1.18. The van der Waals surface area contributed by atoms with Crippen LogP contribution in [0, 0.1) is 5.82 Å². The molecular weight excluding hydrogens is 408 g/mol. The molecule has 0 fully saturated rings. The first-order chi connectivity index (χ1) is 14.7. The van der Waals surface area contributed by atoms with E-state index in [2.05, 4.69) is 17.9 Å². The summed E-state index contributed by atoms with van der Waals surface area (Å²) >= 11 is 0. The first-order valence-corrected chi connectivity index (χ1v) is 11.3. The van der Waals surface area contributed by atoms with Crippen LogP contribution in [0.3, 0.4) is 0 Å². The van der Waals surface area contributed by atoms with E-state index in [1.807, 2.05) is 60.6 Å². The average molecular weight is 449 g/mol. The zero-order chi connectivity index (χ0) is 24.4. The lowest BCUT2D eigenvalue weighted by molar-refractivity contribution is -0.175. The third-order valence-electron chi connectivity index (χ3n) is 6.63. The molecule has 1 aromatic rings. The van der Waals surface area contributed by atoms with Crippen molar-refractivity contribution < 1.29 is 23.3 Å². The van der Waals surface area contributed by atoms with E-state index in [0.29, 0.717) is 13.2 Å². The molecule has 0 N–H and O–H groups in total. The third kappa shape index (κ3) is 5.67. The molecular formula is C25H41BFNO4. The summed E-state index contributed by atoms with van der Waals surface area (Å²) in [6, 6.07) is 6.66. The second kappa shape index (κ2) is 9.74. The fourth-order valence-corrected chi connectivity index (χ4v) is 3.84. The Balaban J connectivity index is 2.58. The highest BCUT2D eigenvalue weighted by molar-refractivity contribution is 5.98. The fourth-order valence-electron chi connectivity index (χ4n) is 3.84. The van der Waals surface area contributed by atoms with Gasteiger partial charge < -0.3 is 23.8 Å². The van der Waals surface area contributed by atoms with Gasteiger partial charge in [-0.3, -0.25) is 0 Å². The Hall–Kier alpha value is -1.57. The van der Waals surface area contributed by atoms with E-state index in [0.717, 1.165) is 17.9 Å². The van der Waals surface area contributed by atoms with Crippen molar-refractivity contribution in [3.05, 3.63) is 47.6 Å². The van der Waals surface area contributed by atoms with Crippen LogP contribution in [0.15, 0.2) is 36.2 Å². The van der Waals surface area contributed by atoms with Crippen LogP contribution in [0.1, 0.15) is 67.4 Å². The van der Waals surface area contributed by atoms with E-state index in [9.17, 15) is 4.39 Å². The van der Waals surface area contributed by atoms with Gasteiger partial charge in [0, 0.05) is 26.3 Å². The van der Waals surface area contributed by atoms with Crippen LogP contribution in [0.5, 0.6) is 0 Å². The SMILES string of the molecule is BOC(C)(C)C(C)(C)O[C@@H]1C=C(OC(C)(C)C)N(CCCOC)[C@@]1(C)c1ccc(F)cc1. The highest BCUT2D eigenvalue weighted by Crippen LogP contribution is 2.46. The van der Waals surface area contributed by atoms with E-state index in [1.165, 1.54) is 12.1 Å². The monoisotopic (exact) mass is 449 g/mol. The molecule has 7 heteroatoms. The highest BCUT2D eigenvalue weighted by atomic mass is 19.1. The van der Waals surface area contributed by atoms with Gasteiger partial charge in [0.1, 0.15) is 17.5 Å². The predicted molar refractivity (Wildman–Crippen MR) is 129 cm³/mol. The average Bonchev–Trinajstić information content (AvgIpc) is 2.92. The topological polar surface area (TPSA) is 40.2 Å². The Kier molecular flexibility index (Phi) is 8.12. The minimum absolute atomic E-state index is 0.265. The van der Waals surface area contributed by atoms with Crippen LogP contribution in [-0.4, -0.2) is 56.1 Å². The molecule has 1 heterocycles. The molecule has 0 saturated carbocycles. The van der Waals surface area contributed by atoms with Crippen molar-refractivity contribution in [3.8, 4) is 0 Å². The van der Waals surface area contributed by atoms with E-state index in [4.69, 9.17) is 18.9 Å². The zero-order valence-corrected chi connectivity index (χ0v) is 21.5. The van der Waals surface area contributed by atoms with E-state index < -0.39 is 16.7 Å². The lowest BCUT2D eigenvalue weighted by atomic mass is 9.84. The molecule has 0 radical (unpaired) electrons. The van der Waals surface area contributed by atoms with Crippen molar-refractivity contribution in [2.75, 3.05) is 20.3 Å². The summed E-state index contributed by atoms with van der Waals surface area (Å²) in [5, 5.41) is 0. The van der Waals surface area contributed by atoms with Gasteiger partial charge in [-0.15, -0.1) is 0 Å². The maximum Gasteiger partial charge on any atom is 0.258 e. The highest BCUT2D eigenvalue weighted by Gasteiger charge is 2.52. The summed E-state index contributed by atoms with van der Waals surface area (Å²) in [7, 11) is 3.40. The molecule has 0 aromatic heterocycles. The number of hydrogen-bond donors (Lipinski definition) is 0. The summed E-state index contributed by atoms with van der Waals surface area (Å²) < 4.78 is 38.1. The quantitative estimate of drug-likeness (QED) is 0.387. The first kappa shape index (κ1) is 26.7. The maximum absolute atomic E-state index is 13.8. The lowest BCUT2D eigenvalue weighted by Crippen LogP contribution is -2.55. The summed E-state index contributed by atoms with van der Waals surface area (Å²) in [4.78, 5) is 2.23. The molecule has 0 aliphatic carbocycles. The minimum atomic E-state index is -0.612. The number of ether oxygens (including phenoxy) is 3. The van der Waals surface area contributed by atoms with Crippen LogP contribution in [-0.2, 0) is 24.4 Å². The molecule has 0 bridgehead atoms. The van der Waals surface area contributed by atoms with Gasteiger partial charge in [0.05, 0.1) is 16.7 Å². The Bertz CT molecular complexity index is 788. The Labute approximate surface area is 194 Å². The van der Waals surface area contributed by atoms with Crippen molar-refractivity contribution in [2.24, 2.45) is 0 Å². The van der Waals surface area contributed by atoms with Crippen molar-refractivity contribution >= 4 is 8.05 Å². The maximum atomic E-state index is 13.8. The molecule has 0 saturated heterocycles. The Morgan fingerprint density at radius 1 is 1.03 bits per heavy atom. The molecule has 0 amide bonds. The first-order valence-electron chi connectivity index (χ1n) is 11.3. The number of halogens is 1. The summed E-state index contributed by atoms with van der Waals surface area (Å²) in [6.45, 7) is 17.7. The second-order valence-electron chi connectivity index (χ2n) is 10.6. The largest absolute Gasteiger partial charge is 0.474 e. The third-order valence-corrected chi connectivity index (χ3v) is 6.63. The van der Waals surface area contributed by atoms with Crippen molar-refractivity contribution in [1.82, 2.24) is 4.90 Å². The van der Waals surface area contributed by atoms with Crippen molar-refractivity contribution in [2.45, 2.75) is 90.3 Å². The molecule has 2 rings (SSSR count). The molecule has 1 aromatic carbocycles.